The number of nitrogens with one attached hydrogen (secondary N) is 1. The van der Waals surface area contributed by atoms with Crippen LogP contribution in [0.15, 0.2) is 0 Å². The molecule has 13 heavy (non-hydrogen) atoms. The van der Waals surface area contributed by atoms with Gasteiger partial charge in [0.15, 0.2) is 0 Å². The average molecular weight is 179 g/mol. The monoisotopic (exact) mass is 179 g/mol. The molecule has 1 atom stereocenters. The Bertz CT molecular complexity index is 192. The van der Waals surface area contributed by atoms with E-state index < -0.39 is 0 Å². The largest absolute Gasteiger partial charge is 0.360 e. The van der Waals surface area contributed by atoms with E-state index in [4.69, 9.17) is 0 Å². The van der Waals surface area contributed by atoms with E-state index in [-0.39, 0.29) is 0 Å². The number of hydrogen-bond acceptors (Lipinski definition) is 2. The maximum Gasteiger partial charge on any atom is 0.205 e. The van der Waals surface area contributed by atoms with E-state index in [1.165, 1.54) is 32.4 Å². The van der Waals surface area contributed by atoms with Gasteiger partial charge >= 0.3 is 0 Å². The Morgan fingerprint density at radius 2 is 2.15 bits per heavy atom. The van der Waals surface area contributed by atoms with Crippen molar-refractivity contribution >= 4 is 7.41 Å². The number of nitrogens with zero attached hydrogens (tertiary/aromatic N) is 1. The molecule has 2 saturated heterocycles. The first-order chi connectivity index (χ1) is 6.02. The molecule has 1 spiro atoms. The maximum absolute atomic E-state index is 3.38. The fraction of sp³-hybridized carbons (Fsp3) is 1.00. The Balaban J connectivity index is 2.01. The number of hydrogen-bond donors (Lipinski definition) is 1. The van der Waals surface area contributed by atoms with Gasteiger partial charge in [-0.25, -0.2) is 0 Å². The molecule has 0 aliphatic carbocycles. The second-order valence-electron chi connectivity index (χ2n) is 5.63. The molecule has 0 saturated carbocycles. The van der Waals surface area contributed by atoms with E-state index >= 15 is 0 Å². The molecule has 2 aliphatic heterocycles. The molecule has 0 aromatic carbocycles. The highest BCUT2D eigenvalue weighted by Crippen LogP contribution is 2.38. The van der Waals surface area contributed by atoms with Crippen LogP contribution in [0.5, 0.6) is 0 Å². The highest BCUT2D eigenvalue weighted by molar-refractivity contribution is 6.33. The molecule has 1 radical (unpaired) electrons. The van der Waals surface area contributed by atoms with Gasteiger partial charge in [-0.3, -0.25) is 4.90 Å². The Kier molecular flexibility index (Phi) is 2.19. The van der Waals surface area contributed by atoms with Crippen molar-refractivity contribution in [1.82, 2.24) is 10.1 Å². The summed E-state index contributed by atoms with van der Waals surface area (Å²) in [7, 11) is 2.24. The quantitative estimate of drug-likeness (QED) is 0.560. The van der Waals surface area contributed by atoms with Crippen LogP contribution in [0.1, 0.15) is 27.2 Å². The molecule has 3 heteroatoms. The highest BCUT2D eigenvalue weighted by atomic mass is 15.2. The smallest absolute Gasteiger partial charge is 0.205 e. The first kappa shape index (κ1) is 9.54. The van der Waals surface area contributed by atoms with Crippen LogP contribution in [-0.4, -0.2) is 37.5 Å². The zero-order chi connectivity index (χ0) is 9.53. The molecule has 73 valence electrons. The Morgan fingerprint density at radius 3 is 2.62 bits per heavy atom. The summed E-state index contributed by atoms with van der Waals surface area (Å²) in [6.07, 6.45) is 2.63. The summed E-state index contributed by atoms with van der Waals surface area (Å²) in [5, 5.41) is 3.38. The minimum atomic E-state index is 0.353. The second-order valence-corrected chi connectivity index (χ2v) is 5.63. The van der Waals surface area contributed by atoms with E-state index in [0.29, 0.717) is 11.0 Å². The van der Waals surface area contributed by atoms with Gasteiger partial charge in [-0.05, 0) is 45.7 Å². The first-order valence-corrected chi connectivity index (χ1v) is 5.32. The Hall–Kier alpha value is -0.0151. The summed E-state index contributed by atoms with van der Waals surface area (Å²) in [4.78, 5) is 2.62. The number of rotatable bonds is 0. The summed E-state index contributed by atoms with van der Waals surface area (Å²) >= 11 is 0. The van der Waals surface area contributed by atoms with Crippen molar-refractivity contribution in [3.8, 4) is 0 Å². The molecular formula is C10H20BN2. The minimum absolute atomic E-state index is 0.353. The van der Waals surface area contributed by atoms with Gasteiger partial charge in [-0.2, -0.15) is 0 Å². The van der Waals surface area contributed by atoms with Gasteiger partial charge in [0.05, 0.1) is 0 Å². The molecule has 2 aliphatic rings. The lowest BCUT2D eigenvalue weighted by Gasteiger charge is -2.33. The molecule has 2 heterocycles. The van der Waals surface area contributed by atoms with E-state index in [2.05, 4.69) is 38.3 Å². The molecule has 2 rings (SSSR count). The molecule has 0 aromatic rings. The van der Waals surface area contributed by atoms with Gasteiger partial charge in [-0.1, -0.05) is 6.32 Å². The summed E-state index contributed by atoms with van der Waals surface area (Å²) in [5.41, 5.74) is 0.930. The van der Waals surface area contributed by atoms with Crippen molar-refractivity contribution in [3.05, 3.63) is 0 Å². The van der Waals surface area contributed by atoms with E-state index in [9.17, 15) is 0 Å². The topological polar surface area (TPSA) is 15.3 Å². The van der Waals surface area contributed by atoms with Crippen LogP contribution in [0.4, 0.5) is 0 Å². The fourth-order valence-electron chi connectivity index (χ4n) is 2.47. The van der Waals surface area contributed by atoms with Crippen LogP contribution in [-0.2, 0) is 0 Å². The van der Waals surface area contributed by atoms with E-state index in [1.807, 2.05) is 0 Å². The highest BCUT2D eigenvalue weighted by Gasteiger charge is 2.43. The van der Waals surface area contributed by atoms with Crippen molar-refractivity contribution in [2.45, 2.75) is 39.1 Å². The van der Waals surface area contributed by atoms with Crippen LogP contribution >= 0.6 is 0 Å². The van der Waals surface area contributed by atoms with Crippen LogP contribution in [0.3, 0.4) is 0 Å². The summed E-state index contributed by atoms with van der Waals surface area (Å²) in [6.45, 7) is 10.7. The zero-order valence-electron chi connectivity index (χ0n) is 9.06. The lowest BCUT2D eigenvalue weighted by Crippen LogP contribution is -2.41. The first-order valence-electron chi connectivity index (χ1n) is 5.32. The third kappa shape index (κ3) is 1.77. The van der Waals surface area contributed by atoms with Gasteiger partial charge in [0, 0.05) is 12.1 Å². The molecule has 0 aromatic heterocycles. The molecule has 1 N–H and O–H groups in total. The standard InChI is InChI=1S/C10H20BN2/c1-9(2,3)13-5-4-10(8-13)6-11-12-7-10/h12H,4-8H2,1-3H3. The van der Waals surface area contributed by atoms with E-state index in [1.54, 1.807) is 0 Å². The van der Waals surface area contributed by atoms with Gasteiger partial charge in [0.25, 0.3) is 0 Å². The third-order valence-electron chi connectivity index (χ3n) is 3.54. The van der Waals surface area contributed by atoms with Crippen molar-refractivity contribution in [2.24, 2.45) is 5.41 Å². The Labute approximate surface area is 82.3 Å². The van der Waals surface area contributed by atoms with Crippen molar-refractivity contribution in [3.63, 3.8) is 0 Å². The predicted octanol–water partition coefficient (Wildman–Crippen LogP) is 1.12. The van der Waals surface area contributed by atoms with Crippen LogP contribution in [0.2, 0.25) is 6.32 Å². The predicted molar refractivity (Wildman–Crippen MR) is 56.9 cm³/mol. The van der Waals surface area contributed by atoms with Gasteiger partial charge in [0.1, 0.15) is 0 Å². The van der Waals surface area contributed by atoms with Gasteiger partial charge in [0.2, 0.25) is 7.41 Å². The maximum atomic E-state index is 3.38. The summed E-state index contributed by atoms with van der Waals surface area (Å²) < 4.78 is 0. The lowest BCUT2D eigenvalue weighted by molar-refractivity contribution is 0.156. The summed E-state index contributed by atoms with van der Waals surface area (Å²) in [5.74, 6) is 0. The van der Waals surface area contributed by atoms with Gasteiger partial charge < -0.3 is 5.23 Å². The van der Waals surface area contributed by atoms with Gasteiger partial charge in [-0.15, -0.1) is 0 Å². The summed E-state index contributed by atoms with van der Waals surface area (Å²) in [6, 6.07) is 0. The minimum Gasteiger partial charge on any atom is -0.360 e. The van der Waals surface area contributed by atoms with Crippen molar-refractivity contribution in [1.29, 1.82) is 0 Å². The fourth-order valence-corrected chi connectivity index (χ4v) is 2.47. The normalized spacial score (nSPS) is 35.6. The van der Waals surface area contributed by atoms with Crippen LogP contribution in [0, 0.1) is 5.41 Å². The van der Waals surface area contributed by atoms with Crippen molar-refractivity contribution in [2.75, 3.05) is 19.6 Å². The zero-order valence-corrected chi connectivity index (χ0v) is 9.06. The average Bonchev–Trinajstić information content (AvgIpc) is 2.60. The van der Waals surface area contributed by atoms with Crippen molar-refractivity contribution < 1.29 is 0 Å². The lowest BCUT2D eigenvalue weighted by atomic mass is 9.76. The molecule has 1 unspecified atom stereocenters. The number of likely N-dealkylation sites (tertiary alicyclic amines) is 1. The third-order valence-corrected chi connectivity index (χ3v) is 3.54. The van der Waals surface area contributed by atoms with E-state index in [0.717, 1.165) is 0 Å². The van der Waals surface area contributed by atoms with Crippen LogP contribution < -0.4 is 5.23 Å². The molecular weight excluding hydrogens is 159 g/mol. The second kappa shape index (κ2) is 2.99. The molecule has 0 bridgehead atoms. The molecule has 2 fully saturated rings. The molecule has 2 nitrogen and oxygen atoms in total. The SMILES string of the molecule is CC(C)(C)N1CCC2(C[B]NC2)C1. The van der Waals surface area contributed by atoms with Crippen LogP contribution in [0.25, 0.3) is 0 Å². The molecule has 0 amide bonds. The Morgan fingerprint density at radius 1 is 1.38 bits per heavy atom.